The summed E-state index contributed by atoms with van der Waals surface area (Å²) in [5.74, 6) is 0. The zero-order valence-electron chi connectivity index (χ0n) is 5.80. The van der Waals surface area contributed by atoms with Crippen LogP contribution in [0.4, 0.5) is 0 Å². The second-order valence-corrected chi connectivity index (χ2v) is 1.65. The van der Waals surface area contributed by atoms with Gasteiger partial charge in [0.25, 0.3) is 0 Å². The van der Waals surface area contributed by atoms with Crippen LogP contribution in [0.3, 0.4) is 0 Å². The molecule has 0 aromatic rings. The third kappa shape index (κ3) is 130. The van der Waals surface area contributed by atoms with Crippen LogP contribution in [0.25, 0.3) is 0 Å². The Labute approximate surface area is 101 Å². The van der Waals surface area contributed by atoms with Crippen LogP contribution in [0.15, 0.2) is 0 Å². The topological polar surface area (TPSA) is 0 Å². The van der Waals surface area contributed by atoms with Crippen molar-refractivity contribution in [2.75, 3.05) is 5.34 Å². The van der Waals surface area contributed by atoms with E-state index in [9.17, 15) is 0 Å². The second-order valence-electron chi connectivity index (χ2n) is 0.183. The van der Waals surface area contributed by atoms with Crippen molar-refractivity contribution in [1.82, 2.24) is 0 Å². The van der Waals surface area contributed by atoms with Gasteiger partial charge in [-0.25, -0.2) is 0 Å². The molecule has 0 rings (SSSR count). The van der Waals surface area contributed by atoms with E-state index in [1.165, 1.54) is 0 Å². The summed E-state index contributed by atoms with van der Waals surface area (Å²) in [6.45, 7) is 0. The summed E-state index contributed by atoms with van der Waals surface area (Å²) in [5, 5.41) is 1.14. The molecule has 0 N–H and O–H groups in total. The molecule has 0 fully saturated rings. The predicted molar refractivity (Wildman–Crippen MR) is 39.0 cm³/mol. The maximum Gasteiger partial charge on any atom is 1.00 e. The molecule has 0 aliphatic rings. The summed E-state index contributed by atoms with van der Waals surface area (Å²) < 4.78 is 0. The Hall–Kier alpha value is 2.35. The van der Waals surface area contributed by atoms with Crippen molar-refractivity contribution >= 4 is 46.4 Å². The fourth-order valence-corrected chi connectivity index (χ4v) is 0. The summed E-state index contributed by atoms with van der Waals surface area (Å²) in [7, 11) is 0. The monoisotopic (exact) mass is 196 g/mol. The van der Waals surface area contributed by atoms with Gasteiger partial charge >= 0.3 is 37.7 Å². The van der Waals surface area contributed by atoms with Crippen molar-refractivity contribution in [3.63, 3.8) is 0 Å². The van der Waals surface area contributed by atoms with E-state index in [1.807, 2.05) is 0 Å². The molecule has 0 amide bonds. The maximum absolute atomic E-state index is 4.76. The smallest absolute Gasteiger partial charge is 0.358 e. The number of alkyl halides is 2. The van der Waals surface area contributed by atoms with Crippen molar-refractivity contribution < 1.29 is 37.7 Å². The van der Waals surface area contributed by atoms with E-state index in [0.29, 0.717) is 0 Å². The van der Waals surface area contributed by atoms with Crippen molar-refractivity contribution in [2.45, 2.75) is 0 Å². The molecule has 0 atom stereocenters. The van der Waals surface area contributed by atoms with Gasteiger partial charge in [-0.3, -0.25) is 0 Å². The van der Waals surface area contributed by atoms with E-state index in [0.717, 1.165) is 5.34 Å². The number of hydrogen-bond donors (Lipinski definition) is 0. The normalized spacial score (nSPS) is 4.00. The van der Waals surface area contributed by atoms with Crippen LogP contribution in [0.5, 0.6) is 0 Å². The van der Waals surface area contributed by atoms with Crippen LogP contribution in [-0.2, 0) is 0 Å². The number of halogens is 4. The zero-order chi connectivity index (χ0) is 5.41. The van der Waals surface area contributed by atoms with E-state index in [-0.39, 0.29) is 50.5 Å². The van der Waals surface area contributed by atoms with Gasteiger partial charge in [-0.2, -0.15) is 5.34 Å². The summed E-state index contributed by atoms with van der Waals surface area (Å²) in [6.07, 6.45) is 0. The molecule has 0 aromatic heterocycles. The molecule has 0 saturated carbocycles. The summed E-state index contributed by atoms with van der Waals surface area (Å²) in [4.78, 5) is 0. The van der Waals surface area contributed by atoms with Gasteiger partial charge in [0, 0.05) is 0 Å². The van der Waals surface area contributed by atoms with Crippen LogP contribution in [0.1, 0.15) is 0 Å². The maximum atomic E-state index is 4.76. The Morgan fingerprint density at radius 2 is 1.00 bits per heavy atom. The fraction of sp³-hybridized carbons (Fsp3) is 0.333. The van der Waals surface area contributed by atoms with Crippen molar-refractivity contribution in [3.05, 3.63) is 12.8 Å². The molecular formula is C3H6Cl4Li2. The first-order valence-electron chi connectivity index (χ1n) is 0.971. The van der Waals surface area contributed by atoms with E-state index < -0.39 is 0 Å². The molecule has 0 saturated heterocycles. The first-order chi connectivity index (χ1) is 2.83. The van der Waals surface area contributed by atoms with Gasteiger partial charge in [-0.15, -0.1) is 23.2 Å². The second kappa shape index (κ2) is 47.8. The fourth-order valence-electron chi connectivity index (χ4n) is 0. The van der Waals surface area contributed by atoms with Crippen LogP contribution < -0.4 is 37.7 Å². The van der Waals surface area contributed by atoms with Gasteiger partial charge in [0.2, 0.25) is 0 Å². The Kier molecular flexibility index (Phi) is 160. The average molecular weight is 198 g/mol. The van der Waals surface area contributed by atoms with Crippen LogP contribution in [-0.4, -0.2) is 5.34 Å². The number of rotatable bonds is 0. The third-order valence-corrected chi connectivity index (χ3v) is 0. The van der Waals surface area contributed by atoms with Crippen LogP contribution in [0.2, 0.25) is 0 Å². The van der Waals surface area contributed by atoms with E-state index >= 15 is 0 Å². The van der Waals surface area contributed by atoms with Gasteiger partial charge in [0.05, 0.1) is 5.34 Å². The molecule has 0 bridgehead atoms. The Balaban J connectivity index is -0.00000000889. The molecule has 0 heterocycles. The summed E-state index contributed by atoms with van der Waals surface area (Å²) in [5.41, 5.74) is 0. The molecule has 9 heavy (non-hydrogen) atoms. The van der Waals surface area contributed by atoms with Crippen molar-refractivity contribution in [3.8, 4) is 0 Å². The molecule has 0 aliphatic carbocycles. The third-order valence-electron chi connectivity index (χ3n) is 0. The molecule has 6 heteroatoms. The zero-order valence-corrected chi connectivity index (χ0v) is 8.82. The van der Waals surface area contributed by atoms with Gasteiger partial charge in [0.1, 0.15) is 0 Å². The molecule has 0 spiro atoms. The summed E-state index contributed by atoms with van der Waals surface area (Å²) in [6, 6.07) is 0. The quantitative estimate of drug-likeness (QED) is 0.228. The minimum absolute atomic E-state index is 0. The predicted octanol–water partition coefficient (Wildman–Crippen LogP) is -2.54. The minimum atomic E-state index is 0. The van der Waals surface area contributed by atoms with Crippen molar-refractivity contribution in [2.24, 2.45) is 0 Å². The Morgan fingerprint density at radius 1 is 1.00 bits per heavy atom. The molecule has 0 nitrogen and oxygen atoms in total. The average Bonchev–Trinajstić information content (AvgIpc) is 1.39. The van der Waals surface area contributed by atoms with Gasteiger partial charge in [-0.05, 0) is 0 Å². The standard InChI is InChI=1S/CH2Cl2.CHCl2.CH3.2Li/c2*2-1-3;;;/h1H2;1H;1H3;;/q;2*-1;2*+1. The largest absolute Gasteiger partial charge is 1.00 e. The van der Waals surface area contributed by atoms with Crippen LogP contribution in [0, 0.1) is 12.8 Å². The van der Waals surface area contributed by atoms with E-state index in [2.05, 4.69) is 23.2 Å². The van der Waals surface area contributed by atoms with Crippen molar-refractivity contribution in [1.29, 1.82) is 0 Å². The molecule has 0 radical (unpaired) electrons. The Morgan fingerprint density at radius 3 is 1.00 bits per heavy atom. The molecule has 0 unspecified atom stereocenters. The first-order valence-corrected chi connectivity index (χ1v) is 2.91. The first kappa shape index (κ1) is 30.1. The molecular weight excluding hydrogens is 192 g/mol. The van der Waals surface area contributed by atoms with Gasteiger partial charge in [-0.1, -0.05) is 0 Å². The molecule has 48 valence electrons. The SMILES string of the molecule is ClCCl.Cl[CH-]Cl.[CH3-].[Li+].[Li+]. The summed E-state index contributed by atoms with van der Waals surface area (Å²) >= 11 is 18.8. The van der Waals surface area contributed by atoms with E-state index in [4.69, 9.17) is 23.2 Å². The number of hydrogen-bond acceptors (Lipinski definition) is 0. The van der Waals surface area contributed by atoms with Gasteiger partial charge < -0.3 is 30.6 Å². The van der Waals surface area contributed by atoms with Gasteiger partial charge in [0.15, 0.2) is 0 Å². The molecule has 0 aromatic carbocycles. The van der Waals surface area contributed by atoms with Crippen LogP contribution >= 0.6 is 46.4 Å². The van der Waals surface area contributed by atoms with E-state index in [1.54, 1.807) is 0 Å². The minimum Gasteiger partial charge on any atom is -0.358 e. The molecule has 0 aliphatic heterocycles. The Bertz CT molecular complexity index is 15.8.